The lowest BCUT2D eigenvalue weighted by Gasteiger charge is -2.08. The monoisotopic (exact) mass is 271 g/mol. The molecule has 1 aromatic carbocycles. The molecule has 0 radical (unpaired) electrons. The van der Waals surface area contributed by atoms with E-state index in [0.717, 1.165) is 23.9 Å². The number of halogens is 5. The Morgan fingerprint density at radius 1 is 1.18 bits per heavy atom. The number of alkyl halides is 3. The van der Waals surface area contributed by atoms with E-state index in [0.29, 0.717) is 0 Å². The van der Waals surface area contributed by atoms with Gasteiger partial charge in [-0.3, -0.25) is 0 Å². The van der Waals surface area contributed by atoms with Gasteiger partial charge >= 0.3 is 6.18 Å². The lowest BCUT2D eigenvalue weighted by molar-refractivity contribution is -0.124. The molecule has 0 unspecified atom stereocenters. The van der Waals surface area contributed by atoms with Crippen molar-refractivity contribution in [2.24, 2.45) is 0 Å². The Kier molecular flexibility index (Phi) is 5.20. The molecule has 1 N–H and O–H groups in total. The molecular weight excluding hydrogens is 261 g/mol. The van der Waals surface area contributed by atoms with Crippen molar-refractivity contribution in [2.45, 2.75) is 11.1 Å². The molecule has 0 aromatic heterocycles. The standard InChI is InChI=1S/C10H10F5NS/c11-7-1-2-9(8(12)5-7)17-4-3-16-6-10(13,14)15/h1-2,5,16H,3-4,6H2. The Morgan fingerprint density at radius 2 is 1.88 bits per heavy atom. The van der Waals surface area contributed by atoms with E-state index < -0.39 is 24.4 Å². The topological polar surface area (TPSA) is 12.0 Å². The van der Waals surface area contributed by atoms with Crippen molar-refractivity contribution < 1.29 is 22.0 Å². The van der Waals surface area contributed by atoms with E-state index >= 15 is 0 Å². The Morgan fingerprint density at radius 3 is 2.47 bits per heavy atom. The Labute approximate surface area is 99.4 Å². The number of rotatable bonds is 5. The van der Waals surface area contributed by atoms with Crippen LogP contribution in [0.5, 0.6) is 0 Å². The van der Waals surface area contributed by atoms with Crippen LogP contribution in [0.3, 0.4) is 0 Å². The van der Waals surface area contributed by atoms with Crippen LogP contribution in [-0.4, -0.2) is 25.0 Å². The third-order valence-corrected chi connectivity index (χ3v) is 2.81. The molecule has 1 nitrogen and oxygen atoms in total. The lowest BCUT2D eigenvalue weighted by atomic mass is 10.3. The predicted octanol–water partition coefficient (Wildman–Crippen LogP) is 3.21. The maximum absolute atomic E-state index is 13.1. The van der Waals surface area contributed by atoms with Crippen LogP contribution >= 0.6 is 11.8 Å². The van der Waals surface area contributed by atoms with Gasteiger partial charge in [0.25, 0.3) is 0 Å². The smallest absolute Gasteiger partial charge is 0.308 e. The molecule has 0 heterocycles. The highest BCUT2D eigenvalue weighted by Crippen LogP contribution is 2.21. The quantitative estimate of drug-likeness (QED) is 0.501. The highest BCUT2D eigenvalue weighted by atomic mass is 32.2. The van der Waals surface area contributed by atoms with Crippen molar-refractivity contribution in [1.29, 1.82) is 0 Å². The number of hydrogen-bond donors (Lipinski definition) is 1. The molecule has 17 heavy (non-hydrogen) atoms. The van der Waals surface area contributed by atoms with Gasteiger partial charge in [-0.05, 0) is 12.1 Å². The summed E-state index contributed by atoms with van der Waals surface area (Å²) in [5.41, 5.74) is 0. The maximum Gasteiger partial charge on any atom is 0.401 e. The number of nitrogens with one attached hydrogen (secondary N) is 1. The van der Waals surface area contributed by atoms with Gasteiger partial charge in [0.15, 0.2) is 0 Å². The SMILES string of the molecule is Fc1ccc(SCCNCC(F)(F)F)c(F)c1. The molecule has 0 atom stereocenters. The molecule has 0 saturated carbocycles. The fraction of sp³-hybridized carbons (Fsp3) is 0.400. The van der Waals surface area contributed by atoms with Crippen LogP contribution in [0.15, 0.2) is 23.1 Å². The van der Waals surface area contributed by atoms with E-state index in [1.54, 1.807) is 0 Å². The first kappa shape index (κ1) is 14.2. The van der Waals surface area contributed by atoms with E-state index in [1.807, 2.05) is 0 Å². The van der Waals surface area contributed by atoms with Gasteiger partial charge in [-0.2, -0.15) is 13.2 Å². The zero-order chi connectivity index (χ0) is 12.9. The molecule has 0 aliphatic carbocycles. The summed E-state index contributed by atoms with van der Waals surface area (Å²) < 4.78 is 60.9. The summed E-state index contributed by atoms with van der Waals surface area (Å²) in [6.07, 6.45) is -4.24. The van der Waals surface area contributed by atoms with E-state index in [2.05, 4.69) is 5.32 Å². The largest absolute Gasteiger partial charge is 0.401 e. The van der Waals surface area contributed by atoms with Gasteiger partial charge in [0.2, 0.25) is 0 Å². The molecule has 0 aliphatic heterocycles. The molecule has 1 rings (SSSR count). The maximum atomic E-state index is 13.1. The third kappa shape index (κ3) is 5.88. The number of benzene rings is 1. The van der Waals surface area contributed by atoms with Crippen molar-refractivity contribution in [3.05, 3.63) is 29.8 Å². The van der Waals surface area contributed by atoms with Gasteiger partial charge in [-0.25, -0.2) is 8.78 Å². The minimum atomic E-state index is -4.24. The molecule has 0 bridgehead atoms. The van der Waals surface area contributed by atoms with Crippen LogP contribution in [-0.2, 0) is 0 Å². The second kappa shape index (κ2) is 6.20. The van der Waals surface area contributed by atoms with Crippen molar-refractivity contribution in [2.75, 3.05) is 18.8 Å². The number of thioether (sulfide) groups is 1. The molecule has 0 fully saturated rings. The summed E-state index contributed by atoms with van der Waals surface area (Å²) in [7, 11) is 0. The fourth-order valence-electron chi connectivity index (χ4n) is 1.06. The van der Waals surface area contributed by atoms with Crippen LogP contribution < -0.4 is 5.32 Å². The van der Waals surface area contributed by atoms with Crippen LogP contribution in [0.25, 0.3) is 0 Å². The molecule has 96 valence electrons. The Balaban J connectivity index is 2.27. The van der Waals surface area contributed by atoms with Gasteiger partial charge in [0.05, 0.1) is 6.54 Å². The summed E-state index contributed by atoms with van der Waals surface area (Å²) in [6.45, 7) is -0.972. The average Bonchev–Trinajstić information content (AvgIpc) is 2.18. The van der Waals surface area contributed by atoms with Crippen molar-refractivity contribution >= 4 is 11.8 Å². The molecule has 1 aromatic rings. The van der Waals surface area contributed by atoms with Crippen LogP contribution in [0, 0.1) is 11.6 Å². The highest BCUT2D eigenvalue weighted by molar-refractivity contribution is 7.99. The van der Waals surface area contributed by atoms with Gasteiger partial charge in [-0.1, -0.05) is 0 Å². The summed E-state index contributed by atoms with van der Waals surface area (Å²) in [6, 6.07) is 3.11. The molecular formula is C10H10F5NS. The van der Waals surface area contributed by atoms with Gasteiger partial charge in [0, 0.05) is 23.3 Å². The van der Waals surface area contributed by atoms with Crippen LogP contribution in [0.4, 0.5) is 22.0 Å². The van der Waals surface area contributed by atoms with E-state index in [4.69, 9.17) is 0 Å². The van der Waals surface area contributed by atoms with E-state index in [1.165, 1.54) is 6.07 Å². The van der Waals surface area contributed by atoms with E-state index in [-0.39, 0.29) is 17.2 Å². The molecule has 0 amide bonds. The second-order valence-electron chi connectivity index (χ2n) is 3.22. The van der Waals surface area contributed by atoms with Crippen molar-refractivity contribution in [1.82, 2.24) is 5.32 Å². The van der Waals surface area contributed by atoms with E-state index in [9.17, 15) is 22.0 Å². The number of hydrogen-bond acceptors (Lipinski definition) is 2. The molecule has 0 spiro atoms. The first-order valence-corrected chi connectivity index (χ1v) is 5.72. The third-order valence-electron chi connectivity index (χ3n) is 1.76. The summed E-state index contributed by atoms with van der Waals surface area (Å²) in [4.78, 5) is 0.222. The molecule has 0 saturated heterocycles. The minimum absolute atomic E-state index is 0.0982. The van der Waals surface area contributed by atoms with Gasteiger partial charge < -0.3 is 5.32 Å². The average molecular weight is 271 g/mol. The van der Waals surface area contributed by atoms with Crippen molar-refractivity contribution in [3.8, 4) is 0 Å². The van der Waals surface area contributed by atoms with Gasteiger partial charge in [-0.15, -0.1) is 11.8 Å². The summed E-state index contributed by atoms with van der Waals surface area (Å²) >= 11 is 1.03. The van der Waals surface area contributed by atoms with Crippen LogP contribution in [0.1, 0.15) is 0 Å². The normalized spacial score (nSPS) is 11.8. The summed E-state index contributed by atoms with van der Waals surface area (Å²) in [5.74, 6) is -1.11. The Bertz CT molecular complexity index is 366. The second-order valence-corrected chi connectivity index (χ2v) is 4.35. The fourth-order valence-corrected chi connectivity index (χ4v) is 1.88. The zero-order valence-electron chi connectivity index (χ0n) is 8.65. The predicted molar refractivity (Wildman–Crippen MR) is 56.0 cm³/mol. The van der Waals surface area contributed by atoms with Gasteiger partial charge in [0.1, 0.15) is 11.6 Å². The molecule has 0 aliphatic rings. The van der Waals surface area contributed by atoms with Crippen LogP contribution in [0.2, 0.25) is 0 Å². The first-order valence-electron chi connectivity index (χ1n) is 4.74. The highest BCUT2D eigenvalue weighted by Gasteiger charge is 2.25. The summed E-state index contributed by atoms with van der Waals surface area (Å²) in [5, 5.41) is 2.18. The molecule has 7 heteroatoms. The Hall–Kier alpha value is -0.820. The first-order chi connectivity index (χ1) is 7.88. The lowest BCUT2D eigenvalue weighted by Crippen LogP contribution is -2.30. The minimum Gasteiger partial charge on any atom is -0.308 e. The zero-order valence-corrected chi connectivity index (χ0v) is 9.47. The van der Waals surface area contributed by atoms with Crippen molar-refractivity contribution in [3.63, 3.8) is 0 Å².